The van der Waals surface area contributed by atoms with E-state index in [-0.39, 0.29) is 18.5 Å². The molecule has 0 aromatic heterocycles. The van der Waals surface area contributed by atoms with Crippen molar-refractivity contribution in [3.63, 3.8) is 0 Å². The molecule has 5 heteroatoms. The van der Waals surface area contributed by atoms with Crippen LogP contribution in [0.1, 0.15) is 24.1 Å². The monoisotopic (exact) mass is 346 g/mol. The molecule has 24 heavy (non-hydrogen) atoms. The van der Waals surface area contributed by atoms with Crippen molar-refractivity contribution in [2.45, 2.75) is 19.9 Å². The lowest BCUT2D eigenvalue weighted by Gasteiger charge is -2.14. The minimum atomic E-state index is -0.0522. The number of ether oxygens (including phenoxy) is 1. The zero-order valence-corrected chi connectivity index (χ0v) is 14.8. The predicted octanol–water partition coefficient (Wildman–Crippen LogP) is 3.49. The average molecular weight is 347 g/mol. The Labute approximate surface area is 148 Å². The molecule has 0 saturated carbocycles. The molecule has 0 bridgehead atoms. The summed E-state index contributed by atoms with van der Waals surface area (Å²) in [5.41, 5.74) is 2.24. The quantitative estimate of drug-likeness (QED) is 0.719. The molecule has 0 radical (unpaired) electrons. The highest BCUT2D eigenvalue weighted by Crippen LogP contribution is 2.15. The number of hydrogen-bond acceptors (Lipinski definition) is 3. The normalized spacial score (nSPS) is 11.8. The van der Waals surface area contributed by atoms with Gasteiger partial charge in [-0.05, 0) is 49.2 Å². The molecule has 0 heterocycles. The van der Waals surface area contributed by atoms with Crippen molar-refractivity contribution in [3.05, 3.63) is 64.7 Å². The molecule has 0 unspecified atom stereocenters. The van der Waals surface area contributed by atoms with E-state index in [0.29, 0.717) is 18.2 Å². The first-order chi connectivity index (χ1) is 11.5. The summed E-state index contributed by atoms with van der Waals surface area (Å²) in [4.78, 5) is 11.8. The second-order valence-corrected chi connectivity index (χ2v) is 6.11. The minimum absolute atomic E-state index is 0.0522. The van der Waals surface area contributed by atoms with Crippen LogP contribution in [0.2, 0.25) is 5.02 Å². The van der Waals surface area contributed by atoms with Crippen LogP contribution in [0.3, 0.4) is 0 Å². The molecule has 128 valence electrons. The molecular weight excluding hydrogens is 324 g/mol. The highest BCUT2D eigenvalue weighted by molar-refractivity contribution is 6.30. The van der Waals surface area contributed by atoms with E-state index in [1.807, 2.05) is 62.4 Å². The van der Waals surface area contributed by atoms with E-state index in [1.165, 1.54) is 0 Å². The fourth-order valence-corrected chi connectivity index (χ4v) is 2.37. The highest BCUT2D eigenvalue weighted by Gasteiger charge is 2.07. The van der Waals surface area contributed by atoms with Gasteiger partial charge in [0.05, 0.1) is 13.1 Å². The lowest BCUT2D eigenvalue weighted by Crippen LogP contribution is -2.37. The Balaban J connectivity index is 1.63. The van der Waals surface area contributed by atoms with Crippen LogP contribution in [0.5, 0.6) is 5.75 Å². The first kappa shape index (κ1) is 18.3. The number of halogens is 1. The number of carbonyl (C=O) groups is 1. The number of amides is 1. The number of benzene rings is 2. The summed E-state index contributed by atoms with van der Waals surface area (Å²) >= 11 is 5.87. The van der Waals surface area contributed by atoms with Crippen LogP contribution in [0.15, 0.2) is 48.5 Å². The van der Waals surface area contributed by atoms with Crippen LogP contribution in [-0.2, 0) is 4.79 Å². The first-order valence-corrected chi connectivity index (χ1v) is 8.37. The summed E-state index contributed by atoms with van der Waals surface area (Å²) in [6, 6.07) is 15.5. The van der Waals surface area contributed by atoms with Crippen molar-refractivity contribution in [2.24, 2.45) is 0 Å². The molecule has 0 fully saturated rings. The van der Waals surface area contributed by atoms with Gasteiger partial charge in [0.25, 0.3) is 0 Å². The van der Waals surface area contributed by atoms with E-state index < -0.39 is 0 Å². The van der Waals surface area contributed by atoms with Crippen LogP contribution in [0, 0.1) is 6.92 Å². The van der Waals surface area contributed by atoms with Crippen LogP contribution in [0.4, 0.5) is 0 Å². The Morgan fingerprint density at radius 2 is 1.96 bits per heavy atom. The van der Waals surface area contributed by atoms with Crippen molar-refractivity contribution >= 4 is 17.5 Å². The maximum absolute atomic E-state index is 11.8. The van der Waals surface area contributed by atoms with Crippen molar-refractivity contribution in [1.82, 2.24) is 10.6 Å². The number of nitrogens with one attached hydrogen (secondary N) is 2. The Bertz CT molecular complexity index is 659. The van der Waals surface area contributed by atoms with Crippen molar-refractivity contribution in [1.29, 1.82) is 0 Å². The summed E-state index contributed by atoms with van der Waals surface area (Å²) in [5.74, 6) is 0.766. The molecule has 0 aliphatic carbocycles. The zero-order chi connectivity index (χ0) is 17.4. The molecule has 0 saturated heterocycles. The van der Waals surface area contributed by atoms with Gasteiger partial charge < -0.3 is 15.4 Å². The Morgan fingerprint density at radius 1 is 1.21 bits per heavy atom. The van der Waals surface area contributed by atoms with Gasteiger partial charge in [0.15, 0.2) is 0 Å². The second kappa shape index (κ2) is 9.30. The Morgan fingerprint density at radius 3 is 2.67 bits per heavy atom. The summed E-state index contributed by atoms with van der Waals surface area (Å²) in [6.07, 6.45) is 0. The molecule has 2 aromatic rings. The molecule has 2 aromatic carbocycles. The first-order valence-electron chi connectivity index (χ1n) is 7.99. The zero-order valence-electron chi connectivity index (χ0n) is 14.0. The maximum Gasteiger partial charge on any atom is 0.234 e. The number of aryl methyl sites for hydroxylation is 1. The third-order valence-corrected chi connectivity index (χ3v) is 3.87. The van der Waals surface area contributed by atoms with Crippen LogP contribution < -0.4 is 15.4 Å². The van der Waals surface area contributed by atoms with E-state index in [2.05, 4.69) is 10.6 Å². The van der Waals surface area contributed by atoms with Gasteiger partial charge in [-0.3, -0.25) is 4.79 Å². The largest absolute Gasteiger partial charge is 0.492 e. The van der Waals surface area contributed by atoms with Gasteiger partial charge in [0.2, 0.25) is 5.91 Å². The van der Waals surface area contributed by atoms with E-state index in [0.717, 1.165) is 16.9 Å². The van der Waals surface area contributed by atoms with E-state index >= 15 is 0 Å². The summed E-state index contributed by atoms with van der Waals surface area (Å²) in [5, 5.41) is 6.73. The molecule has 0 aliphatic heterocycles. The lowest BCUT2D eigenvalue weighted by atomic mass is 10.1. The van der Waals surface area contributed by atoms with Crippen molar-refractivity contribution in [2.75, 3.05) is 19.7 Å². The minimum Gasteiger partial charge on any atom is -0.492 e. The van der Waals surface area contributed by atoms with Gasteiger partial charge in [-0.25, -0.2) is 0 Å². The SMILES string of the molecule is Cc1cccc(OCCNC(=O)CN[C@@H](C)c2ccc(Cl)cc2)c1. The topological polar surface area (TPSA) is 50.4 Å². The maximum atomic E-state index is 11.8. The molecule has 0 aliphatic rings. The number of carbonyl (C=O) groups excluding carboxylic acids is 1. The van der Waals surface area contributed by atoms with Crippen LogP contribution in [-0.4, -0.2) is 25.6 Å². The Kier molecular flexibility index (Phi) is 7.09. The van der Waals surface area contributed by atoms with Crippen molar-refractivity contribution in [3.8, 4) is 5.75 Å². The third-order valence-electron chi connectivity index (χ3n) is 3.62. The van der Waals surface area contributed by atoms with Crippen LogP contribution in [0.25, 0.3) is 0 Å². The second-order valence-electron chi connectivity index (χ2n) is 5.67. The summed E-state index contributed by atoms with van der Waals surface area (Å²) in [6.45, 7) is 5.21. The van der Waals surface area contributed by atoms with Gasteiger partial charge in [-0.15, -0.1) is 0 Å². The van der Waals surface area contributed by atoms with E-state index in [9.17, 15) is 4.79 Å². The fraction of sp³-hybridized carbons (Fsp3) is 0.316. The summed E-state index contributed by atoms with van der Waals surface area (Å²) in [7, 11) is 0. The standard InChI is InChI=1S/C19H23ClN2O2/c1-14-4-3-5-18(12-14)24-11-10-21-19(23)13-22-15(2)16-6-8-17(20)9-7-16/h3-9,12,15,22H,10-11,13H2,1-2H3,(H,21,23)/t15-/m0/s1. The van der Waals surface area contributed by atoms with Gasteiger partial charge in [0, 0.05) is 11.1 Å². The van der Waals surface area contributed by atoms with Gasteiger partial charge in [0.1, 0.15) is 12.4 Å². The Hall–Kier alpha value is -2.04. The third kappa shape index (κ3) is 6.22. The predicted molar refractivity (Wildman–Crippen MR) is 97.6 cm³/mol. The van der Waals surface area contributed by atoms with Crippen LogP contribution >= 0.6 is 11.6 Å². The highest BCUT2D eigenvalue weighted by atomic mass is 35.5. The van der Waals surface area contributed by atoms with Gasteiger partial charge in [-0.1, -0.05) is 35.9 Å². The molecule has 2 rings (SSSR count). The molecule has 1 atom stereocenters. The smallest absolute Gasteiger partial charge is 0.234 e. The van der Waals surface area contributed by atoms with E-state index in [4.69, 9.17) is 16.3 Å². The molecule has 4 nitrogen and oxygen atoms in total. The molecule has 1 amide bonds. The number of rotatable bonds is 8. The molecule has 2 N–H and O–H groups in total. The lowest BCUT2D eigenvalue weighted by molar-refractivity contribution is -0.120. The van der Waals surface area contributed by atoms with Gasteiger partial charge >= 0.3 is 0 Å². The molecular formula is C19H23ClN2O2. The average Bonchev–Trinajstić information content (AvgIpc) is 2.57. The van der Waals surface area contributed by atoms with Crippen molar-refractivity contribution < 1.29 is 9.53 Å². The number of hydrogen-bond donors (Lipinski definition) is 2. The van der Waals surface area contributed by atoms with E-state index in [1.54, 1.807) is 0 Å². The summed E-state index contributed by atoms with van der Waals surface area (Å²) < 4.78 is 5.60. The van der Waals surface area contributed by atoms with Gasteiger partial charge in [-0.2, -0.15) is 0 Å². The molecule has 0 spiro atoms. The fourth-order valence-electron chi connectivity index (χ4n) is 2.24.